The van der Waals surface area contributed by atoms with E-state index in [-0.39, 0.29) is 18.4 Å². The minimum absolute atomic E-state index is 0.0220. The Morgan fingerprint density at radius 1 is 1.00 bits per heavy atom. The molecule has 0 bridgehead atoms. The third kappa shape index (κ3) is 4.84. The molecule has 0 saturated heterocycles. The lowest BCUT2D eigenvalue weighted by atomic mass is 9.99. The number of fused-ring (bicyclic) bond motifs is 1. The molecule has 1 unspecified atom stereocenters. The first kappa shape index (κ1) is 21.7. The van der Waals surface area contributed by atoms with Gasteiger partial charge in [-0.25, -0.2) is 0 Å². The maximum Gasteiger partial charge on any atom is 0.310 e. The van der Waals surface area contributed by atoms with Crippen LogP contribution in [-0.2, 0) is 22.6 Å². The van der Waals surface area contributed by atoms with Gasteiger partial charge in [-0.05, 0) is 54.8 Å². The molecule has 1 atom stereocenters. The van der Waals surface area contributed by atoms with Crippen molar-refractivity contribution in [2.45, 2.75) is 32.9 Å². The Morgan fingerprint density at radius 2 is 1.81 bits per heavy atom. The number of esters is 1. The second kappa shape index (κ2) is 9.71. The van der Waals surface area contributed by atoms with Crippen LogP contribution in [0.15, 0.2) is 77.4 Å². The maximum atomic E-state index is 11.9. The molecule has 3 aromatic carbocycles. The summed E-state index contributed by atoms with van der Waals surface area (Å²) >= 11 is 0. The average Bonchev–Trinajstić information content (AvgIpc) is 3.21. The van der Waals surface area contributed by atoms with Crippen molar-refractivity contribution in [3.63, 3.8) is 0 Å². The highest BCUT2D eigenvalue weighted by Crippen LogP contribution is 2.30. The molecule has 0 amide bonds. The van der Waals surface area contributed by atoms with Gasteiger partial charge in [0, 0.05) is 22.6 Å². The zero-order valence-electron chi connectivity index (χ0n) is 18.3. The number of para-hydroxylation sites is 1. The monoisotopic (exact) mass is 429 g/mol. The molecule has 0 aliphatic rings. The van der Waals surface area contributed by atoms with E-state index in [1.54, 1.807) is 13.2 Å². The fourth-order valence-electron chi connectivity index (χ4n) is 3.69. The average molecular weight is 430 g/mol. The van der Waals surface area contributed by atoms with E-state index in [0.717, 1.165) is 38.8 Å². The van der Waals surface area contributed by atoms with Crippen LogP contribution in [0.25, 0.3) is 22.1 Å². The molecular weight excluding hydrogens is 402 g/mol. The molecule has 5 nitrogen and oxygen atoms in total. The van der Waals surface area contributed by atoms with Crippen molar-refractivity contribution in [3.05, 3.63) is 89.7 Å². The minimum Gasteiger partial charge on any atom is -0.488 e. The molecule has 1 aromatic heterocycles. The van der Waals surface area contributed by atoms with Crippen molar-refractivity contribution in [2.24, 2.45) is 5.73 Å². The summed E-state index contributed by atoms with van der Waals surface area (Å²) in [6.07, 6.45) is 1.90. The van der Waals surface area contributed by atoms with Crippen molar-refractivity contribution in [1.29, 1.82) is 0 Å². The number of hydrogen-bond acceptors (Lipinski definition) is 5. The highest BCUT2D eigenvalue weighted by molar-refractivity contribution is 5.86. The molecule has 164 valence electrons. The molecule has 5 heteroatoms. The first-order valence-electron chi connectivity index (χ1n) is 10.8. The van der Waals surface area contributed by atoms with Gasteiger partial charge in [0.1, 0.15) is 17.9 Å². The number of hydrogen-bond donors (Lipinski definition) is 1. The summed E-state index contributed by atoms with van der Waals surface area (Å²) < 4.78 is 16.9. The van der Waals surface area contributed by atoms with Crippen molar-refractivity contribution in [3.8, 4) is 16.9 Å². The molecule has 2 N–H and O–H groups in total. The standard InChI is InChI=1S/C27H27NO4/c1-3-30-27(29)15-22-7-4-5-10-25(22)31-16-23-17-32-26-12-11-21(14-24(23)26)20-9-6-8-19(13-20)18(2)28/h4-14,17-18H,3,15-16,28H2,1-2H3. The highest BCUT2D eigenvalue weighted by Gasteiger charge is 2.13. The SMILES string of the molecule is CCOC(=O)Cc1ccccc1OCc1coc2ccc(-c3cccc(C(C)N)c3)cc12. The Balaban J connectivity index is 1.57. The second-order valence-corrected chi connectivity index (χ2v) is 7.76. The number of carbonyl (C=O) groups excluding carboxylic acids is 1. The smallest absolute Gasteiger partial charge is 0.310 e. The van der Waals surface area contributed by atoms with E-state index in [2.05, 4.69) is 18.2 Å². The molecule has 0 radical (unpaired) electrons. The number of rotatable bonds is 8. The van der Waals surface area contributed by atoms with Gasteiger partial charge in [0.25, 0.3) is 0 Å². The number of ether oxygens (including phenoxy) is 2. The van der Waals surface area contributed by atoms with E-state index in [1.165, 1.54) is 0 Å². The lowest BCUT2D eigenvalue weighted by Crippen LogP contribution is -2.09. The van der Waals surface area contributed by atoms with Gasteiger partial charge in [0.05, 0.1) is 19.3 Å². The first-order chi connectivity index (χ1) is 15.5. The van der Waals surface area contributed by atoms with E-state index in [9.17, 15) is 4.79 Å². The van der Waals surface area contributed by atoms with Crippen LogP contribution in [0, 0.1) is 0 Å². The van der Waals surface area contributed by atoms with Crippen LogP contribution < -0.4 is 10.5 Å². The van der Waals surface area contributed by atoms with Gasteiger partial charge in [-0.2, -0.15) is 0 Å². The van der Waals surface area contributed by atoms with Crippen molar-refractivity contribution in [2.75, 3.05) is 6.61 Å². The van der Waals surface area contributed by atoms with Crippen molar-refractivity contribution >= 4 is 16.9 Å². The number of furan rings is 1. The van der Waals surface area contributed by atoms with E-state index < -0.39 is 0 Å². The number of carbonyl (C=O) groups is 1. The largest absolute Gasteiger partial charge is 0.488 e. The van der Waals surface area contributed by atoms with Gasteiger partial charge >= 0.3 is 5.97 Å². The van der Waals surface area contributed by atoms with Gasteiger partial charge in [0.15, 0.2) is 0 Å². The van der Waals surface area contributed by atoms with E-state index in [0.29, 0.717) is 19.0 Å². The molecule has 0 aliphatic carbocycles. The van der Waals surface area contributed by atoms with Gasteiger partial charge in [-0.1, -0.05) is 42.5 Å². The highest BCUT2D eigenvalue weighted by atomic mass is 16.5. The molecule has 0 fully saturated rings. The fourth-order valence-corrected chi connectivity index (χ4v) is 3.69. The Kier molecular flexibility index (Phi) is 6.57. The van der Waals surface area contributed by atoms with Crippen LogP contribution in [0.2, 0.25) is 0 Å². The molecule has 0 aliphatic heterocycles. The lowest BCUT2D eigenvalue weighted by molar-refractivity contribution is -0.142. The maximum absolute atomic E-state index is 11.9. The summed E-state index contributed by atoms with van der Waals surface area (Å²) in [4.78, 5) is 11.9. The molecule has 4 rings (SSSR count). The normalized spacial score (nSPS) is 12.0. The third-order valence-corrected chi connectivity index (χ3v) is 5.40. The first-order valence-corrected chi connectivity index (χ1v) is 10.8. The Bertz CT molecular complexity index is 1230. The van der Waals surface area contributed by atoms with Crippen LogP contribution in [0.4, 0.5) is 0 Å². The zero-order chi connectivity index (χ0) is 22.5. The summed E-state index contributed by atoms with van der Waals surface area (Å²) in [5, 5.41) is 0.997. The zero-order valence-corrected chi connectivity index (χ0v) is 18.3. The van der Waals surface area contributed by atoms with Gasteiger partial charge in [-0.3, -0.25) is 4.79 Å². The van der Waals surface area contributed by atoms with Crippen LogP contribution in [0.5, 0.6) is 5.75 Å². The topological polar surface area (TPSA) is 74.7 Å². The van der Waals surface area contributed by atoms with Gasteiger partial charge in [-0.15, -0.1) is 0 Å². The second-order valence-electron chi connectivity index (χ2n) is 7.76. The van der Waals surface area contributed by atoms with Crippen LogP contribution >= 0.6 is 0 Å². The third-order valence-electron chi connectivity index (χ3n) is 5.40. The van der Waals surface area contributed by atoms with E-state index >= 15 is 0 Å². The Hall–Kier alpha value is -3.57. The summed E-state index contributed by atoms with van der Waals surface area (Å²) in [5.41, 5.74) is 11.9. The molecule has 0 spiro atoms. The van der Waals surface area contributed by atoms with Gasteiger partial charge < -0.3 is 19.6 Å². The Morgan fingerprint density at radius 3 is 2.62 bits per heavy atom. The number of benzene rings is 3. The van der Waals surface area contributed by atoms with E-state index in [4.69, 9.17) is 19.6 Å². The van der Waals surface area contributed by atoms with Gasteiger partial charge in [0.2, 0.25) is 0 Å². The number of nitrogens with two attached hydrogens (primary N) is 1. The fraction of sp³-hybridized carbons (Fsp3) is 0.222. The summed E-state index contributed by atoms with van der Waals surface area (Å²) in [6, 6.07) is 21.9. The van der Waals surface area contributed by atoms with Crippen LogP contribution in [-0.4, -0.2) is 12.6 Å². The predicted molar refractivity (Wildman–Crippen MR) is 125 cm³/mol. The predicted octanol–water partition coefficient (Wildman–Crippen LogP) is 5.80. The minimum atomic E-state index is -0.268. The summed E-state index contributed by atoms with van der Waals surface area (Å²) in [6.45, 7) is 4.47. The molecule has 0 saturated carbocycles. The van der Waals surface area contributed by atoms with Crippen molar-refractivity contribution < 1.29 is 18.7 Å². The van der Waals surface area contributed by atoms with Crippen LogP contribution in [0.1, 0.15) is 36.6 Å². The lowest BCUT2D eigenvalue weighted by Gasteiger charge is -2.11. The molecule has 32 heavy (non-hydrogen) atoms. The Labute approximate surface area is 187 Å². The summed E-state index contributed by atoms with van der Waals surface area (Å²) in [7, 11) is 0. The molecular formula is C27H27NO4. The van der Waals surface area contributed by atoms with Crippen molar-refractivity contribution in [1.82, 2.24) is 0 Å². The van der Waals surface area contributed by atoms with E-state index in [1.807, 2.05) is 55.5 Å². The van der Waals surface area contributed by atoms with Crippen LogP contribution in [0.3, 0.4) is 0 Å². The molecule has 1 heterocycles. The summed E-state index contributed by atoms with van der Waals surface area (Å²) in [5.74, 6) is 0.395. The molecule has 4 aromatic rings. The quantitative estimate of drug-likeness (QED) is 0.358.